The minimum absolute atomic E-state index is 0.0244. The molecule has 168 valence electrons. The minimum atomic E-state index is -3.01. The fourth-order valence-electron chi connectivity index (χ4n) is 3.86. The Bertz CT molecular complexity index is 1090. The first kappa shape index (κ1) is 22.0. The maximum atomic E-state index is 14.5. The lowest BCUT2D eigenvalue weighted by Crippen LogP contribution is -2.57. The number of amides is 1. The summed E-state index contributed by atoms with van der Waals surface area (Å²) in [7, 11) is 1.65. The zero-order chi connectivity index (χ0) is 22.9. The van der Waals surface area contributed by atoms with Gasteiger partial charge in [-0.3, -0.25) is 9.48 Å². The smallest absolute Gasteiger partial charge is 0.275 e. The summed E-state index contributed by atoms with van der Waals surface area (Å²) in [5.74, 6) is -3.51. The number of rotatable bonds is 5. The molecular weight excluding hydrogens is 442 g/mol. The molecule has 9 nitrogen and oxygen atoms in total. The van der Waals surface area contributed by atoms with Gasteiger partial charge < -0.3 is 10.2 Å². The molecule has 0 aromatic carbocycles. The van der Waals surface area contributed by atoms with E-state index in [4.69, 9.17) is 11.6 Å². The van der Waals surface area contributed by atoms with Crippen LogP contribution in [0, 0.1) is 5.92 Å². The van der Waals surface area contributed by atoms with Crippen LogP contribution >= 0.6 is 11.6 Å². The zero-order valence-corrected chi connectivity index (χ0v) is 18.2. The Hall–Kier alpha value is -3.21. The maximum Gasteiger partial charge on any atom is 0.275 e. The minimum Gasteiger partial charge on any atom is -0.352 e. The number of aryl methyl sites for hydroxylation is 1. The lowest BCUT2D eigenvalue weighted by molar-refractivity contribution is -0.0898. The number of alkyl halides is 2. The normalized spacial score (nSPS) is 20.2. The largest absolute Gasteiger partial charge is 0.352 e. The van der Waals surface area contributed by atoms with Crippen molar-refractivity contribution < 1.29 is 13.6 Å². The van der Waals surface area contributed by atoms with Gasteiger partial charge in [-0.1, -0.05) is 18.5 Å². The van der Waals surface area contributed by atoms with Gasteiger partial charge in [-0.15, -0.1) is 0 Å². The highest BCUT2D eigenvalue weighted by Gasteiger charge is 2.47. The van der Waals surface area contributed by atoms with E-state index >= 15 is 0 Å². The van der Waals surface area contributed by atoms with Crippen LogP contribution in [0.4, 0.5) is 14.7 Å². The van der Waals surface area contributed by atoms with E-state index < -0.39 is 30.3 Å². The third-order valence-electron chi connectivity index (χ3n) is 5.27. The molecular formula is C20H21ClF2N8O. The summed E-state index contributed by atoms with van der Waals surface area (Å²) in [5, 5.41) is 7.63. The van der Waals surface area contributed by atoms with Gasteiger partial charge in [-0.05, 0) is 12.0 Å². The number of aromatic nitrogens is 6. The summed E-state index contributed by atoms with van der Waals surface area (Å²) < 4.78 is 30.4. The fraction of sp³-hybridized carbons (Fsp3) is 0.400. The second kappa shape index (κ2) is 8.73. The second-order valence-corrected chi connectivity index (χ2v) is 8.22. The quantitative estimate of drug-likeness (QED) is 0.622. The van der Waals surface area contributed by atoms with E-state index in [9.17, 15) is 13.6 Å². The van der Waals surface area contributed by atoms with Crippen molar-refractivity contribution in [2.24, 2.45) is 13.0 Å². The van der Waals surface area contributed by atoms with Gasteiger partial charge in [0.05, 0.1) is 35.6 Å². The molecule has 2 atom stereocenters. The molecule has 0 aliphatic carbocycles. The van der Waals surface area contributed by atoms with Crippen LogP contribution in [0.15, 0.2) is 37.1 Å². The molecule has 3 aromatic heterocycles. The lowest BCUT2D eigenvalue weighted by atomic mass is 9.88. The number of hydrogen-bond acceptors (Lipinski definition) is 7. The van der Waals surface area contributed by atoms with Crippen molar-refractivity contribution in [1.29, 1.82) is 0 Å². The van der Waals surface area contributed by atoms with Gasteiger partial charge in [-0.2, -0.15) is 5.10 Å². The predicted molar refractivity (Wildman–Crippen MR) is 113 cm³/mol. The molecule has 3 aromatic rings. The third kappa shape index (κ3) is 4.67. The predicted octanol–water partition coefficient (Wildman–Crippen LogP) is 2.92. The van der Waals surface area contributed by atoms with Crippen molar-refractivity contribution in [1.82, 2.24) is 34.6 Å². The average Bonchev–Trinajstić information content (AvgIpc) is 3.15. The number of hydrogen-bond donors (Lipinski definition) is 1. The van der Waals surface area contributed by atoms with Crippen molar-refractivity contribution in [3.63, 3.8) is 0 Å². The standard InChI is InChI=1S/C20H21ClF2N8O/c1-12-6-20(22,23)11-31(15(12)9-28-19-26-7-13(21)8-27-19)18(32)16-14(10-30(2)29-16)17-24-4-3-5-25-17/h3-5,7-8,10,12,15H,6,9,11H2,1-2H3,(H,26,27,28)/t12-,15?/m1/s1. The maximum absolute atomic E-state index is 14.5. The van der Waals surface area contributed by atoms with Gasteiger partial charge in [0, 0.05) is 38.6 Å². The van der Waals surface area contributed by atoms with Crippen LogP contribution in [0.5, 0.6) is 0 Å². The first-order valence-electron chi connectivity index (χ1n) is 9.95. The molecule has 1 N–H and O–H groups in total. The highest BCUT2D eigenvalue weighted by atomic mass is 35.5. The number of nitrogens with zero attached hydrogens (tertiary/aromatic N) is 7. The Morgan fingerprint density at radius 2 is 1.94 bits per heavy atom. The van der Waals surface area contributed by atoms with Crippen LogP contribution in [0.2, 0.25) is 5.02 Å². The topological polar surface area (TPSA) is 102 Å². The molecule has 0 saturated carbocycles. The molecule has 1 unspecified atom stereocenters. The van der Waals surface area contributed by atoms with Crippen molar-refractivity contribution in [2.45, 2.75) is 25.3 Å². The second-order valence-electron chi connectivity index (χ2n) is 7.78. The zero-order valence-electron chi connectivity index (χ0n) is 17.4. The summed E-state index contributed by atoms with van der Waals surface area (Å²) in [6.45, 7) is 1.17. The van der Waals surface area contributed by atoms with Crippen molar-refractivity contribution in [2.75, 3.05) is 18.4 Å². The number of carbonyl (C=O) groups excluding carboxylic acids is 1. The molecule has 1 aliphatic rings. The molecule has 0 spiro atoms. The SMILES string of the molecule is C[C@@H]1CC(F)(F)CN(C(=O)c2nn(C)cc2-c2ncccn2)C1CNc1ncc(Cl)cn1. The van der Waals surface area contributed by atoms with Crippen LogP contribution < -0.4 is 5.32 Å². The summed E-state index contributed by atoms with van der Waals surface area (Å²) >= 11 is 5.81. The molecule has 4 heterocycles. The van der Waals surface area contributed by atoms with E-state index in [1.54, 1.807) is 38.6 Å². The van der Waals surface area contributed by atoms with Crippen molar-refractivity contribution in [3.8, 4) is 11.4 Å². The van der Waals surface area contributed by atoms with Gasteiger partial charge in [0.1, 0.15) is 0 Å². The number of halogens is 3. The van der Waals surface area contributed by atoms with E-state index in [0.717, 1.165) is 0 Å². The Kier molecular flexibility index (Phi) is 6.00. The molecule has 1 amide bonds. The number of carbonyl (C=O) groups is 1. The van der Waals surface area contributed by atoms with Crippen LogP contribution in [0.1, 0.15) is 23.8 Å². The van der Waals surface area contributed by atoms with Crippen LogP contribution in [0.3, 0.4) is 0 Å². The number of nitrogens with one attached hydrogen (secondary N) is 1. The molecule has 1 fully saturated rings. The van der Waals surface area contributed by atoms with E-state index in [1.165, 1.54) is 22.0 Å². The first-order valence-corrected chi connectivity index (χ1v) is 10.3. The molecule has 0 radical (unpaired) electrons. The van der Waals surface area contributed by atoms with Gasteiger partial charge >= 0.3 is 0 Å². The molecule has 1 saturated heterocycles. The summed E-state index contributed by atoms with van der Waals surface area (Å²) in [6, 6.07) is 1.11. The Morgan fingerprint density at radius 1 is 1.25 bits per heavy atom. The molecule has 12 heteroatoms. The summed E-state index contributed by atoms with van der Waals surface area (Å²) in [4.78, 5) is 31.1. The number of piperidine rings is 1. The summed E-state index contributed by atoms with van der Waals surface area (Å²) in [5.41, 5.74) is 0.406. The van der Waals surface area contributed by atoms with E-state index in [2.05, 4.69) is 30.4 Å². The van der Waals surface area contributed by atoms with Crippen molar-refractivity contribution >= 4 is 23.5 Å². The van der Waals surface area contributed by atoms with E-state index in [0.29, 0.717) is 22.4 Å². The van der Waals surface area contributed by atoms with Crippen LogP contribution in [-0.4, -0.2) is 65.6 Å². The number of likely N-dealkylation sites (tertiary alicyclic amines) is 1. The molecule has 1 aliphatic heterocycles. The Balaban J connectivity index is 1.64. The van der Waals surface area contributed by atoms with Gasteiger partial charge in [0.2, 0.25) is 5.95 Å². The Labute approximate surface area is 187 Å². The van der Waals surface area contributed by atoms with Crippen LogP contribution in [0.25, 0.3) is 11.4 Å². The van der Waals surface area contributed by atoms with E-state index in [-0.39, 0.29) is 18.7 Å². The molecule has 4 rings (SSSR count). The molecule has 32 heavy (non-hydrogen) atoms. The van der Waals surface area contributed by atoms with E-state index in [1.807, 2.05) is 0 Å². The van der Waals surface area contributed by atoms with Crippen LogP contribution in [-0.2, 0) is 7.05 Å². The highest BCUT2D eigenvalue weighted by Crippen LogP contribution is 2.36. The monoisotopic (exact) mass is 462 g/mol. The lowest BCUT2D eigenvalue weighted by Gasteiger charge is -2.43. The van der Waals surface area contributed by atoms with Crippen molar-refractivity contribution in [3.05, 3.63) is 47.8 Å². The average molecular weight is 463 g/mol. The van der Waals surface area contributed by atoms with Gasteiger partial charge in [-0.25, -0.2) is 28.7 Å². The fourth-order valence-corrected chi connectivity index (χ4v) is 3.96. The summed E-state index contributed by atoms with van der Waals surface area (Å²) in [6.07, 6.45) is 7.21. The highest BCUT2D eigenvalue weighted by molar-refractivity contribution is 6.30. The Morgan fingerprint density at radius 3 is 2.62 bits per heavy atom. The van der Waals surface area contributed by atoms with Gasteiger partial charge in [0.25, 0.3) is 11.8 Å². The molecule has 0 bridgehead atoms. The third-order valence-corrected chi connectivity index (χ3v) is 5.46. The first-order chi connectivity index (χ1) is 15.2. The van der Waals surface area contributed by atoms with Gasteiger partial charge in [0.15, 0.2) is 11.5 Å². The number of anilines is 1.